The molecule has 5 nitrogen and oxygen atoms in total. The van der Waals surface area contributed by atoms with E-state index in [9.17, 15) is 0 Å². The number of hydrogen-bond acceptors (Lipinski definition) is 6. The number of nitrogen functional groups attached to an aromatic ring is 1. The molecule has 0 spiro atoms. The fraction of sp³-hybridized carbons (Fsp3) is 0.0588. The van der Waals surface area contributed by atoms with E-state index in [0.29, 0.717) is 10.9 Å². The lowest BCUT2D eigenvalue weighted by atomic mass is 10.2. The van der Waals surface area contributed by atoms with Gasteiger partial charge in [0, 0.05) is 5.38 Å². The Morgan fingerprint density at radius 3 is 2.70 bits per heavy atom. The molecule has 0 aliphatic rings. The minimum Gasteiger partial charge on any atom is -0.457 e. The third-order valence-corrected chi connectivity index (χ3v) is 3.77. The Morgan fingerprint density at radius 1 is 1.17 bits per heavy atom. The number of nitrogens with one attached hydrogen (secondary N) is 1. The van der Waals surface area contributed by atoms with Gasteiger partial charge in [0.15, 0.2) is 0 Å². The predicted octanol–water partition coefficient (Wildman–Crippen LogP) is 4.27. The number of nitrogens with two attached hydrogens (primary N) is 1. The molecule has 0 amide bonds. The molecular weight excluding hydrogens is 308 g/mol. The van der Waals surface area contributed by atoms with Crippen molar-refractivity contribution in [3.8, 4) is 11.5 Å². The Hall–Kier alpha value is -2.86. The quantitative estimate of drug-likeness (QED) is 0.543. The molecule has 0 aliphatic carbocycles. The van der Waals surface area contributed by atoms with Crippen molar-refractivity contribution >= 4 is 28.5 Å². The molecule has 1 heterocycles. The van der Waals surface area contributed by atoms with Crippen molar-refractivity contribution in [2.75, 3.05) is 11.2 Å². The molecule has 116 valence electrons. The van der Waals surface area contributed by atoms with Crippen LogP contribution in [0.2, 0.25) is 0 Å². The molecule has 3 rings (SSSR count). The van der Waals surface area contributed by atoms with Gasteiger partial charge in [-0.1, -0.05) is 12.1 Å². The average Bonchev–Trinajstić information content (AvgIpc) is 2.95. The smallest absolute Gasteiger partial charge is 0.205 e. The molecule has 0 fully saturated rings. The Kier molecular flexibility index (Phi) is 4.54. The number of rotatable bonds is 5. The van der Waals surface area contributed by atoms with E-state index in [-0.39, 0.29) is 0 Å². The average molecular weight is 324 g/mol. The summed E-state index contributed by atoms with van der Waals surface area (Å²) in [4.78, 5) is 4.06. The van der Waals surface area contributed by atoms with Crippen LogP contribution in [0, 0.1) is 6.92 Å². The van der Waals surface area contributed by atoms with Gasteiger partial charge in [-0.25, -0.2) is 4.98 Å². The van der Waals surface area contributed by atoms with Crippen LogP contribution in [0.3, 0.4) is 0 Å². The molecule has 0 saturated carbocycles. The van der Waals surface area contributed by atoms with Gasteiger partial charge in [0.1, 0.15) is 17.3 Å². The van der Waals surface area contributed by atoms with Gasteiger partial charge in [0.25, 0.3) is 0 Å². The fourth-order valence-electron chi connectivity index (χ4n) is 1.94. The van der Waals surface area contributed by atoms with Crippen LogP contribution in [0.1, 0.15) is 11.1 Å². The molecule has 2 aromatic carbocycles. The predicted molar refractivity (Wildman–Crippen MR) is 95.4 cm³/mol. The molecule has 0 aliphatic heterocycles. The fourth-order valence-corrected chi connectivity index (χ4v) is 2.48. The highest BCUT2D eigenvalue weighted by Gasteiger charge is 1.98. The van der Waals surface area contributed by atoms with E-state index in [2.05, 4.69) is 15.5 Å². The number of thiazole rings is 1. The second kappa shape index (κ2) is 6.93. The lowest BCUT2D eigenvalue weighted by Gasteiger charge is -2.06. The minimum atomic E-state index is 0.491. The SMILES string of the molecule is Cc1cccc(Oc2ccc(C=NNc3nc(N)cs3)cc2)c1. The van der Waals surface area contributed by atoms with Gasteiger partial charge in [0.05, 0.1) is 6.21 Å². The van der Waals surface area contributed by atoms with Crippen LogP contribution < -0.4 is 15.9 Å². The maximum atomic E-state index is 5.81. The Balaban J connectivity index is 1.60. The first-order chi connectivity index (χ1) is 11.2. The number of aryl methyl sites for hydroxylation is 1. The number of aromatic nitrogens is 1. The van der Waals surface area contributed by atoms with E-state index in [4.69, 9.17) is 10.5 Å². The van der Waals surface area contributed by atoms with E-state index in [1.807, 2.05) is 55.5 Å². The van der Waals surface area contributed by atoms with Crippen LogP contribution in [0.25, 0.3) is 0 Å². The molecule has 0 atom stereocenters. The lowest BCUT2D eigenvalue weighted by Crippen LogP contribution is -1.91. The van der Waals surface area contributed by atoms with E-state index in [1.165, 1.54) is 16.9 Å². The highest BCUT2D eigenvalue weighted by atomic mass is 32.1. The largest absolute Gasteiger partial charge is 0.457 e. The monoisotopic (exact) mass is 324 g/mol. The van der Waals surface area contributed by atoms with E-state index in [0.717, 1.165) is 17.1 Å². The number of hydrogen-bond donors (Lipinski definition) is 2. The highest BCUT2D eigenvalue weighted by Crippen LogP contribution is 2.22. The third kappa shape index (κ3) is 4.31. The molecule has 0 unspecified atom stereocenters. The Bertz CT molecular complexity index is 811. The second-order valence-corrected chi connectivity index (χ2v) is 5.79. The van der Waals surface area contributed by atoms with Crippen molar-refractivity contribution in [3.05, 3.63) is 65.0 Å². The van der Waals surface area contributed by atoms with Gasteiger partial charge in [-0.3, -0.25) is 5.43 Å². The van der Waals surface area contributed by atoms with Gasteiger partial charge in [-0.2, -0.15) is 5.10 Å². The summed E-state index contributed by atoms with van der Waals surface area (Å²) in [6.07, 6.45) is 1.72. The van der Waals surface area contributed by atoms with Crippen molar-refractivity contribution in [2.45, 2.75) is 6.92 Å². The normalized spacial score (nSPS) is 10.8. The summed E-state index contributed by atoms with van der Waals surface area (Å²) in [6, 6.07) is 15.6. The topological polar surface area (TPSA) is 72.5 Å². The van der Waals surface area contributed by atoms with Crippen LogP contribution in [0.4, 0.5) is 10.9 Å². The first-order valence-electron chi connectivity index (χ1n) is 7.04. The van der Waals surface area contributed by atoms with Crippen molar-refractivity contribution in [1.29, 1.82) is 0 Å². The van der Waals surface area contributed by atoms with Crippen LogP contribution in [-0.2, 0) is 0 Å². The minimum absolute atomic E-state index is 0.491. The number of ether oxygens (including phenoxy) is 1. The van der Waals surface area contributed by atoms with Gasteiger partial charge in [-0.05, 0) is 54.4 Å². The third-order valence-electron chi connectivity index (χ3n) is 3.00. The lowest BCUT2D eigenvalue weighted by molar-refractivity contribution is 0.482. The summed E-state index contributed by atoms with van der Waals surface area (Å²) in [5.41, 5.74) is 10.5. The van der Waals surface area contributed by atoms with Crippen LogP contribution in [0.15, 0.2) is 59.0 Å². The van der Waals surface area contributed by atoms with Crippen LogP contribution >= 0.6 is 11.3 Å². The molecule has 3 N–H and O–H groups in total. The molecule has 6 heteroatoms. The molecule has 0 bridgehead atoms. The van der Waals surface area contributed by atoms with Crippen molar-refractivity contribution in [2.24, 2.45) is 5.10 Å². The van der Waals surface area contributed by atoms with Gasteiger partial charge >= 0.3 is 0 Å². The first kappa shape index (κ1) is 15.1. The van der Waals surface area contributed by atoms with Crippen LogP contribution in [0.5, 0.6) is 11.5 Å². The number of nitrogens with zero attached hydrogens (tertiary/aromatic N) is 2. The van der Waals surface area contributed by atoms with E-state index in [1.54, 1.807) is 11.6 Å². The number of hydrazone groups is 1. The van der Waals surface area contributed by atoms with Crippen LogP contribution in [-0.4, -0.2) is 11.2 Å². The standard InChI is InChI=1S/C17H16N4OS/c1-12-3-2-4-15(9-12)22-14-7-5-13(6-8-14)10-19-21-17-20-16(18)11-23-17/h2-11H,18H2,1H3,(H,20,21). The highest BCUT2D eigenvalue weighted by molar-refractivity contribution is 7.14. The first-order valence-corrected chi connectivity index (χ1v) is 7.92. The molecule has 0 radical (unpaired) electrons. The number of anilines is 2. The van der Waals surface area contributed by atoms with E-state index >= 15 is 0 Å². The summed E-state index contributed by atoms with van der Waals surface area (Å²) < 4.78 is 5.81. The Morgan fingerprint density at radius 2 is 2.00 bits per heavy atom. The molecule has 1 aromatic heterocycles. The van der Waals surface area contributed by atoms with Gasteiger partial charge in [0.2, 0.25) is 5.13 Å². The Labute approximate surface area is 138 Å². The van der Waals surface area contributed by atoms with Crippen molar-refractivity contribution < 1.29 is 4.74 Å². The van der Waals surface area contributed by atoms with Crippen molar-refractivity contribution in [1.82, 2.24) is 4.98 Å². The summed E-state index contributed by atoms with van der Waals surface area (Å²) >= 11 is 1.41. The summed E-state index contributed by atoms with van der Waals surface area (Å²) in [5.74, 6) is 2.10. The maximum Gasteiger partial charge on any atom is 0.205 e. The zero-order chi connectivity index (χ0) is 16.1. The molecular formula is C17H16N4OS. The van der Waals surface area contributed by atoms with Crippen molar-refractivity contribution in [3.63, 3.8) is 0 Å². The maximum absolute atomic E-state index is 5.81. The molecule has 23 heavy (non-hydrogen) atoms. The van der Waals surface area contributed by atoms with Gasteiger partial charge < -0.3 is 10.5 Å². The zero-order valence-corrected chi connectivity index (χ0v) is 13.4. The molecule has 3 aromatic rings. The summed E-state index contributed by atoms with van der Waals surface area (Å²) in [5, 5.41) is 6.55. The zero-order valence-electron chi connectivity index (χ0n) is 12.6. The summed E-state index contributed by atoms with van der Waals surface area (Å²) in [7, 11) is 0. The second-order valence-electron chi connectivity index (χ2n) is 4.94. The number of benzene rings is 2. The molecule has 0 saturated heterocycles. The van der Waals surface area contributed by atoms with Gasteiger partial charge in [-0.15, -0.1) is 11.3 Å². The summed E-state index contributed by atoms with van der Waals surface area (Å²) in [6.45, 7) is 2.04. The van der Waals surface area contributed by atoms with E-state index < -0.39 is 0 Å².